The maximum Gasteiger partial charge on any atom is 2.00 e. The van der Waals surface area contributed by atoms with E-state index in [9.17, 15) is 0 Å². The minimum absolute atomic E-state index is 0. The zero-order chi connectivity index (χ0) is 33.2. The van der Waals surface area contributed by atoms with Gasteiger partial charge in [0.05, 0.1) is 22.1 Å². The molecule has 0 amide bonds. The van der Waals surface area contributed by atoms with Gasteiger partial charge in [0.1, 0.15) is 11.4 Å². The average Bonchev–Trinajstić information content (AvgIpc) is 3.68. The van der Waals surface area contributed by atoms with E-state index in [1.165, 1.54) is 127 Å². The van der Waals surface area contributed by atoms with Crippen LogP contribution in [0.1, 0.15) is 142 Å². The number of hydrogen-bond acceptors (Lipinski definition) is 3. The topological polar surface area (TPSA) is 48.5 Å². The van der Waals surface area contributed by atoms with Crippen LogP contribution in [0.4, 0.5) is 0 Å². The Balaban J connectivity index is 0.00000300. The summed E-state index contributed by atoms with van der Waals surface area (Å²) in [6, 6.07) is 23.5. The van der Waals surface area contributed by atoms with E-state index >= 15 is 0 Å². The standard InChI is InChI=1S/C43H61N5.2ClH.Fe/c1-3-5-7-9-11-13-15-17-19-25-34-47-40-32-23-21-28-36(40)45-42(47)38-30-27-31-39(44-38)43-46-37-29-22-24-33-41(37)48(43)35-26-20-18-16-14-12-10-8-6-4-2;;;/h21-24,27-33H,3-20,25-26,34-35H2,1-2H3;2*1H;/q;;;+2/p-2. The van der Waals surface area contributed by atoms with Gasteiger partial charge in [-0.3, -0.25) is 0 Å². The van der Waals surface area contributed by atoms with Crippen molar-refractivity contribution in [2.75, 3.05) is 0 Å². The van der Waals surface area contributed by atoms with Gasteiger partial charge >= 0.3 is 17.1 Å². The molecule has 0 aliphatic carbocycles. The van der Waals surface area contributed by atoms with Gasteiger partial charge in [0.25, 0.3) is 0 Å². The van der Waals surface area contributed by atoms with Crippen LogP contribution >= 0.6 is 0 Å². The molecule has 3 heterocycles. The fourth-order valence-electron chi connectivity index (χ4n) is 7.19. The van der Waals surface area contributed by atoms with Crippen molar-refractivity contribution in [1.29, 1.82) is 0 Å². The second-order valence-electron chi connectivity index (χ2n) is 13.9. The van der Waals surface area contributed by atoms with Gasteiger partial charge in [-0.25, -0.2) is 15.0 Å². The molecule has 5 aromatic rings. The number of pyridine rings is 1. The number of aromatic nitrogens is 5. The van der Waals surface area contributed by atoms with Gasteiger partial charge in [0.2, 0.25) is 0 Å². The molecule has 0 unspecified atom stereocenters. The summed E-state index contributed by atoms with van der Waals surface area (Å²) in [6.45, 7) is 6.52. The molecule has 0 atom stereocenters. The van der Waals surface area contributed by atoms with Gasteiger partial charge in [-0.2, -0.15) is 0 Å². The number of benzene rings is 2. The number of halogens is 2. The first kappa shape index (κ1) is 44.8. The van der Waals surface area contributed by atoms with Crippen LogP contribution in [-0.4, -0.2) is 24.1 Å². The van der Waals surface area contributed by atoms with E-state index in [4.69, 9.17) is 15.0 Å². The van der Waals surface area contributed by atoms with Crippen LogP contribution in [0.15, 0.2) is 66.7 Å². The summed E-state index contributed by atoms with van der Waals surface area (Å²) in [5.41, 5.74) is 6.33. The first-order valence-electron chi connectivity index (χ1n) is 19.7. The van der Waals surface area contributed by atoms with E-state index in [-0.39, 0.29) is 41.9 Å². The van der Waals surface area contributed by atoms with Crippen molar-refractivity contribution in [3.05, 3.63) is 66.7 Å². The Labute approximate surface area is 331 Å². The molecule has 0 aliphatic rings. The molecular formula is C43H61Cl2FeN5. The molecule has 0 saturated carbocycles. The third-order valence-electron chi connectivity index (χ3n) is 9.99. The van der Waals surface area contributed by atoms with Crippen LogP contribution in [0.3, 0.4) is 0 Å². The summed E-state index contributed by atoms with van der Waals surface area (Å²) in [6.07, 6.45) is 26.8. The van der Waals surface area contributed by atoms with Crippen molar-refractivity contribution in [2.24, 2.45) is 0 Å². The molecular weight excluding hydrogens is 713 g/mol. The largest absolute Gasteiger partial charge is 2.00 e. The predicted octanol–water partition coefficient (Wildman–Crippen LogP) is 6.96. The van der Waals surface area contributed by atoms with Crippen molar-refractivity contribution < 1.29 is 41.9 Å². The minimum atomic E-state index is 0. The van der Waals surface area contributed by atoms with E-state index in [0.717, 1.165) is 60.0 Å². The summed E-state index contributed by atoms with van der Waals surface area (Å²) in [5.74, 6) is 1.93. The number of nitrogens with zero attached hydrogens (tertiary/aromatic N) is 5. The fraction of sp³-hybridized carbons (Fsp3) is 0.558. The number of para-hydroxylation sites is 4. The summed E-state index contributed by atoms with van der Waals surface area (Å²) in [4.78, 5) is 15.5. The van der Waals surface area contributed by atoms with Gasteiger partial charge in [-0.15, -0.1) is 0 Å². The molecule has 280 valence electrons. The molecule has 5 rings (SSSR count). The summed E-state index contributed by atoms with van der Waals surface area (Å²) < 4.78 is 4.80. The third kappa shape index (κ3) is 13.5. The van der Waals surface area contributed by atoms with Crippen molar-refractivity contribution in [1.82, 2.24) is 24.1 Å². The van der Waals surface area contributed by atoms with Crippen LogP contribution < -0.4 is 24.8 Å². The molecule has 0 aliphatic heterocycles. The quantitative estimate of drug-likeness (QED) is 0.0504. The van der Waals surface area contributed by atoms with Gasteiger partial charge in [0, 0.05) is 13.1 Å². The summed E-state index contributed by atoms with van der Waals surface area (Å²) in [7, 11) is 0. The number of hydrogen-bond donors (Lipinski definition) is 0. The molecule has 0 N–H and O–H groups in total. The Kier molecular flexibility index (Phi) is 22.5. The number of rotatable bonds is 24. The van der Waals surface area contributed by atoms with Crippen LogP contribution in [0.5, 0.6) is 0 Å². The molecule has 8 heteroatoms. The third-order valence-corrected chi connectivity index (χ3v) is 9.99. The Morgan fingerprint density at radius 3 is 1.10 bits per heavy atom. The van der Waals surface area contributed by atoms with Crippen molar-refractivity contribution in [3.8, 4) is 23.0 Å². The molecule has 0 saturated heterocycles. The van der Waals surface area contributed by atoms with E-state index in [1.807, 2.05) is 0 Å². The second-order valence-corrected chi connectivity index (χ2v) is 13.9. The maximum atomic E-state index is 5.26. The number of fused-ring (bicyclic) bond motifs is 2. The molecule has 0 fully saturated rings. The zero-order valence-electron chi connectivity index (χ0n) is 31.3. The summed E-state index contributed by atoms with van der Waals surface area (Å²) >= 11 is 0. The second kappa shape index (κ2) is 25.6. The van der Waals surface area contributed by atoms with E-state index < -0.39 is 0 Å². The Bertz CT molecular complexity index is 1530. The smallest absolute Gasteiger partial charge is 1.00 e. The molecule has 2 aromatic carbocycles. The fourth-order valence-corrected chi connectivity index (χ4v) is 7.19. The number of unbranched alkanes of at least 4 members (excludes halogenated alkanes) is 18. The van der Waals surface area contributed by atoms with Crippen molar-refractivity contribution in [2.45, 2.75) is 155 Å². The molecule has 5 nitrogen and oxygen atoms in total. The van der Waals surface area contributed by atoms with Crippen LogP contribution in [0.2, 0.25) is 0 Å². The van der Waals surface area contributed by atoms with E-state index in [0.29, 0.717) is 0 Å². The predicted molar refractivity (Wildman–Crippen MR) is 205 cm³/mol. The van der Waals surface area contributed by atoms with Crippen LogP contribution in [-0.2, 0) is 30.2 Å². The Morgan fingerprint density at radius 2 is 0.725 bits per heavy atom. The van der Waals surface area contributed by atoms with E-state index in [1.54, 1.807) is 0 Å². The molecule has 0 radical (unpaired) electrons. The Hall–Kier alpha value is -2.37. The first-order chi connectivity index (χ1) is 23.8. The normalized spacial score (nSPS) is 11.0. The monoisotopic (exact) mass is 773 g/mol. The molecule has 0 spiro atoms. The SMILES string of the molecule is CCCCCCCCCCCCn1c(-c2cccc(-c3nc4ccccc4n3CCCCCCCCCCCC)n2)nc2ccccc21.[Cl-].[Cl-].[Fe+2]. The summed E-state index contributed by atoms with van der Waals surface area (Å²) in [5, 5.41) is 0. The zero-order valence-corrected chi connectivity index (χ0v) is 33.9. The van der Waals surface area contributed by atoms with Gasteiger partial charge in [0.15, 0.2) is 11.6 Å². The van der Waals surface area contributed by atoms with Crippen LogP contribution in [0.25, 0.3) is 45.1 Å². The van der Waals surface area contributed by atoms with E-state index in [2.05, 4.69) is 89.7 Å². The van der Waals surface area contributed by atoms with Crippen molar-refractivity contribution >= 4 is 22.1 Å². The van der Waals surface area contributed by atoms with Gasteiger partial charge in [-0.1, -0.05) is 160 Å². The molecule has 0 bridgehead atoms. The van der Waals surface area contributed by atoms with Gasteiger partial charge < -0.3 is 33.9 Å². The average molecular weight is 775 g/mol. The number of aryl methyl sites for hydroxylation is 2. The molecule has 3 aromatic heterocycles. The van der Waals surface area contributed by atoms with Crippen LogP contribution in [0, 0.1) is 0 Å². The van der Waals surface area contributed by atoms with Gasteiger partial charge in [-0.05, 0) is 49.2 Å². The number of imidazole rings is 2. The maximum absolute atomic E-state index is 5.26. The Morgan fingerprint density at radius 1 is 0.392 bits per heavy atom. The first-order valence-corrected chi connectivity index (χ1v) is 19.7. The minimum Gasteiger partial charge on any atom is -1.00 e. The molecule has 51 heavy (non-hydrogen) atoms. The van der Waals surface area contributed by atoms with Crippen molar-refractivity contribution in [3.63, 3.8) is 0 Å².